The standard InChI is InChI=1S/C35H60N14O11S/c1-18(43-28(54)20(7-3-11-40-34(36)37)45-26(52)15-42-27(53)23(17-61)44-19(2)51)31(57)48-13-5-9-24(48)30(56)46-21(8-4-12-41-35(38)39)29(55)47-22(16-50)32(58)49-14-6-10-25(49)33(59)60/h18,20-25,50,61H,3-17H2,1-2H3,(H,42,53)(H,43,54)(H,44,51)(H,45,52)(H,46,56)(H,47,55)(H,59,60)(H4,36,37,40)(H4,38,39,41)/t18-,20-,21-,22-,23-,24-,25-/m0/s1. The zero-order chi connectivity index (χ0) is 45.8. The number of rotatable bonds is 24. The SMILES string of the molecule is CC(=O)N[C@@H](CS)C(=O)NCC(=O)N[C@@H](CCCN=C(N)N)C(=O)N[C@@H](C)C(=O)N1CCC[C@H]1C(=O)N[C@@H](CCCN=C(N)N)C(=O)N[C@@H](CO)C(=O)N1CCC[C@H]1C(=O)O. The molecule has 16 N–H and O–H groups in total. The Kier molecular flexibility index (Phi) is 21.5. The molecule has 26 heteroatoms. The lowest BCUT2D eigenvalue weighted by atomic mass is 10.1. The van der Waals surface area contributed by atoms with E-state index in [1.165, 1.54) is 18.7 Å². The van der Waals surface area contributed by atoms with Crippen LogP contribution >= 0.6 is 12.6 Å². The Morgan fingerprint density at radius 3 is 1.74 bits per heavy atom. The number of nitrogens with two attached hydrogens (primary N) is 4. The smallest absolute Gasteiger partial charge is 0.326 e. The average Bonchev–Trinajstić information content (AvgIpc) is 3.91. The molecule has 0 radical (unpaired) electrons. The van der Waals surface area contributed by atoms with Crippen LogP contribution in [0.15, 0.2) is 9.98 Å². The van der Waals surface area contributed by atoms with Crippen LogP contribution in [0.3, 0.4) is 0 Å². The highest BCUT2D eigenvalue weighted by Gasteiger charge is 2.40. The molecular weight excluding hydrogens is 825 g/mol. The van der Waals surface area contributed by atoms with E-state index in [0.29, 0.717) is 12.8 Å². The van der Waals surface area contributed by atoms with Crippen LogP contribution in [0.25, 0.3) is 0 Å². The van der Waals surface area contributed by atoms with Gasteiger partial charge in [0.05, 0.1) is 13.2 Å². The second kappa shape index (κ2) is 25.6. The largest absolute Gasteiger partial charge is 0.480 e. The number of aliphatic imine (C=N–C) groups is 2. The summed E-state index contributed by atoms with van der Waals surface area (Å²) in [7, 11) is 0. The summed E-state index contributed by atoms with van der Waals surface area (Å²) in [5.74, 6) is -7.43. The molecule has 0 aliphatic carbocycles. The average molecular weight is 885 g/mol. The van der Waals surface area contributed by atoms with Gasteiger partial charge in [0.25, 0.3) is 0 Å². The highest BCUT2D eigenvalue weighted by atomic mass is 32.1. The van der Waals surface area contributed by atoms with E-state index in [0.717, 1.165) is 4.90 Å². The van der Waals surface area contributed by atoms with Gasteiger partial charge in [0, 0.05) is 38.9 Å². The fourth-order valence-electron chi connectivity index (χ4n) is 6.66. The molecule has 0 aromatic carbocycles. The van der Waals surface area contributed by atoms with Crippen molar-refractivity contribution < 1.29 is 53.4 Å². The van der Waals surface area contributed by atoms with Crippen LogP contribution in [0.4, 0.5) is 0 Å². The summed E-state index contributed by atoms with van der Waals surface area (Å²) >= 11 is 4.03. The molecule has 0 spiro atoms. The molecule has 0 aromatic rings. The Bertz CT molecular complexity index is 1660. The molecule has 0 unspecified atom stereocenters. The van der Waals surface area contributed by atoms with Crippen molar-refractivity contribution in [2.45, 2.75) is 108 Å². The first-order valence-corrected chi connectivity index (χ1v) is 20.4. The predicted molar refractivity (Wildman–Crippen MR) is 222 cm³/mol. The second-order valence-corrected chi connectivity index (χ2v) is 14.8. The molecule has 2 saturated heterocycles. The van der Waals surface area contributed by atoms with Crippen molar-refractivity contribution in [2.75, 3.05) is 45.1 Å². The minimum Gasteiger partial charge on any atom is -0.480 e. The molecular formula is C35H60N14O11S. The van der Waals surface area contributed by atoms with E-state index in [2.05, 4.69) is 54.5 Å². The Balaban J connectivity index is 2.17. The van der Waals surface area contributed by atoms with E-state index in [1.807, 2.05) is 0 Å². The van der Waals surface area contributed by atoms with Crippen LogP contribution in [0.5, 0.6) is 0 Å². The van der Waals surface area contributed by atoms with Gasteiger partial charge in [0.15, 0.2) is 11.9 Å². The van der Waals surface area contributed by atoms with Gasteiger partial charge in [-0.3, -0.25) is 48.3 Å². The van der Waals surface area contributed by atoms with Gasteiger partial charge in [0.1, 0.15) is 42.3 Å². The van der Waals surface area contributed by atoms with E-state index >= 15 is 0 Å². The number of thiol groups is 1. The van der Waals surface area contributed by atoms with Gasteiger partial charge in [-0.05, 0) is 58.3 Å². The van der Waals surface area contributed by atoms with Crippen molar-refractivity contribution in [3.8, 4) is 0 Å². The first-order valence-electron chi connectivity index (χ1n) is 19.7. The first-order chi connectivity index (χ1) is 28.8. The predicted octanol–water partition coefficient (Wildman–Crippen LogP) is -6.34. The third-order valence-electron chi connectivity index (χ3n) is 9.66. The van der Waals surface area contributed by atoms with Gasteiger partial charge < -0.3 is 74.8 Å². The lowest BCUT2D eigenvalue weighted by molar-refractivity contribution is -0.150. The summed E-state index contributed by atoms with van der Waals surface area (Å²) < 4.78 is 0. The van der Waals surface area contributed by atoms with Gasteiger partial charge in [-0.15, -0.1) is 0 Å². The maximum Gasteiger partial charge on any atom is 0.326 e. The molecule has 342 valence electrons. The van der Waals surface area contributed by atoms with Crippen molar-refractivity contribution in [1.29, 1.82) is 0 Å². The number of carboxylic acids is 1. The van der Waals surface area contributed by atoms with Crippen molar-refractivity contribution >= 4 is 77.8 Å². The van der Waals surface area contributed by atoms with Crippen LogP contribution < -0.4 is 54.8 Å². The van der Waals surface area contributed by atoms with Crippen molar-refractivity contribution in [1.82, 2.24) is 41.7 Å². The van der Waals surface area contributed by atoms with Crippen molar-refractivity contribution in [3.05, 3.63) is 0 Å². The van der Waals surface area contributed by atoms with Crippen molar-refractivity contribution in [3.63, 3.8) is 0 Å². The number of hydrogen-bond acceptors (Lipinski definition) is 13. The van der Waals surface area contributed by atoms with E-state index in [-0.39, 0.29) is 82.4 Å². The summed E-state index contributed by atoms with van der Waals surface area (Å²) in [6.45, 7) is 1.58. The number of carbonyl (C=O) groups is 9. The Morgan fingerprint density at radius 2 is 1.23 bits per heavy atom. The number of aliphatic carboxylic acids is 1. The zero-order valence-electron chi connectivity index (χ0n) is 34.3. The molecule has 0 aromatic heterocycles. The monoisotopic (exact) mass is 884 g/mol. The van der Waals surface area contributed by atoms with E-state index in [4.69, 9.17) is 22.9 Å². The second-order valence-electron chi connectivity index (χ2n) is 14.4. The molecule has 2 rings (SSSR count). The van der Waals surface area contributed by atoms with Gasteiger partial charge in [0.2, 0.25) is 47.3 Å². The summed E-state index contributed by atoms with van der Waals surface area (Å²) in [4.78, 5) is 126. The third-order valence-corrected chi connectivity index (χ3v) is 10.0. The summed E-state index contributed by atoms with van der Waals surface area (Å²) in [5, 5.41) is 34.4. The first kappa shape index (κ1) is 51.2. The number of amides is 8. The molecule has 25 nitrogen and oxygen atoms in total. The maximum atomic E-state index is 13.8. The van der Waals surface area contributed by atoms with E-state index < -0.39 is 109 Å². The number of hydrogen-bond donors (Lipinski definition) is 13. The van der Waals surface area contributed by atoms with E-state index in [1.54, 1.807) is 0 Å². The molecule has 0 bridgehead atoms. The number of likely N-dealkylation sites (tertiary alicyclic amines) is 2. The third kappa shape index (κ3) is 16.9. The Hall–Kier alpha value is -5.92. The van der Waals surface area contributed by atoms with Crippen LogP contribution in [-0.4, -0.2) is 173 Å². The van der Waals surface area contributed by atoms with Crippen LogP contribution in [-0.2, 0) is 43.2 Å². The van der Waals surface area contributed by atoms with Crippen LogP contribution in [0, 0.1) is 0 Å². The highest BCUT2D eigenvalue weighted by molar-refractivity contribution is 7.80. The minimum absolute atomic E-state index is 0.0106. The summed E-state index contributed by atoms with van der Waals surface area (Å²) in [6.07, 6.45) is 1.57. The number of guanidine groups is 2. The topological polar surface area (TPSA) is 402 Å². The molecule has 2 fully saturated rings. The van der Waals surface area contributed by atoms with Gasteiger partial charge in [-0.25, -0.2) is 4.79 Å². The minimum atomic E-state index is -1.52. The molecule has 61 heavy (non-hydrogen) atoms. The van der Waals surface area contributed by atoms with Crippen LogP contribution in [0.2, 0.25) is 0 Å². The lowest BCUT2D eigenvalue weighted by Gasteiger charge is -2.30. The summed E-state index contributed by atoms with van der Waals surface area (Å²) in [6, 6.07) is -8.50. The molecule has 2 aliphatic heterocycles. The van der Waals surface area contributed by atoms with Gasteiger partial charge in [-0.2, -0.15) is 12.6 Å². The molecule has 2 aliphatic rings. The Morgan fingerprint density at radius 1 is 0.705 bits per heavy atom. The van der Waals surface area contributed by atoms with Gasteiger partial charge >= 0.3 is 5.97 Å². The normalized spacial score (nSPS) is 18.2. The van der Waals surface area contributed by atoms with Crippen LogP contribution in [0.1, 0.15) is 65.2 Å². The molecule has 0 saturated carbocycles. The lowest BCUT2D eigenvalue weighted by Crippen LogP contribution is -2.59. The fourth-order valence-corrected chi connectivity index (χ4v) is 6.92. The maximum absolute atomic E-state index is 13.8. The Labute approximate surface area is 357 Å². The molecule has 2 heterocycles. The number of carbonyl (C=O) groups excluding carboxylic acids is 8. The number of aliphatic hydroxyl groups excluding tert-OH is 1. The zero-order valence-corrected chi connectivity index (χ0v) is 35.2. The number of carboxylic acid groups (broad SMARTS) is 1. The van der Waals surface area contributed by atoms with E-state index in [9.17, 15) is 53.4 Å². The molecule has 8 amide bonds. The highest BCUT2D eigenvalue weighted by Crippen LogP contribution is 2.20. The fraction of sp³-hybridized carbons (Fsp3) is 0.686. The quantitative estimate of drug-likeness (QED) is 0.0186. The number of nitrogens with one attached hydrogen (secondary N) is 6. The van der Waals surface area contributed by atoms with Crippen molar-refractivity contribution in [2.24, 2.45) is 32.9 Å². The number of nitrogens with zero attached hydrogens (tertiary/aromatic N) is 4. The summed E-state index contributed by atoms with van der Waals surface area (Å²) in [5.41, 5.74) is 21.6. The van der Waals surface area contributed by atoms with Gasteiger partial charge in [-0.1, -0.05) is 0 Å². The molecule has 7 atom stereocenters. The number of aliphatic hydroxyl groups is 1.